The molecule has 106 valence electrons. The fraction of sp³-hybridized carbons (Fsp3) is 0.143. The Morgan fingerprint density at radius 1 is 1.33 bits per heavy atom. The van der Waals surface area contributed by atoms with E-state index in [1.807, 2.05) is 0 Å². The second kappa shape index (κ2) is 4.86. The van der Waals surface area contributed by atoms with Gasteiger partial charge in [0.05, 0.1) is 11.8 Å². The Hall–Kier alpha value is -2.96. The number of aromatic carboxylic acids is 1. The van der Waals surface area contributed by atoms with E-state index in [1.165, 1.54) is 23.2 Å². The molecule has 1 aliphatic rings. The van der Waals surface area contributed by atoms with Crippen molar-refractivity contribution >= 4 is 17.6 Å². The molecular weight excluding hydrogens is 274 g/mol. The topological polar surface area (TPSA) is 103 Å². The van der Waals surface area contributed by atoms with Crippen molar-refractivity contribution in [2.45, 2.75) is 6.42 Å². The Morgan fingerprint density at radius 2 is 2.14 bits per heavy atom. The minimum Gasteiger partial charge on any atom is -0.478 e. The predicted molar refractivity (Wildman–Crippen MR) is 73.6 cm³/mol. The number of benzene rings is 1. The number of nitrogens with one attached hydrogen (secondary N) is 1. The molecule has 0 atom stereocenters. The van der Waals surface area contributed by atoms with Gasteiger partial charge in [0.15, 0.2) is 0 Å². The maximum Gasteiger partial charge on any atom is 0.335 e. The van der Waals surface area contributed by atoms with Gasteiger partial charge in [0.25, 0.3) is 11.5 Å². The number of hydrogen-bond acceptors (Lipinski definition) is 4. The van der Waals surface area contributed by atoms with Crippen molar-refractivity contribution in [2.24, 2.45) is 0 Å². The largest absolute Gasteiger partial charge is 0.478 e. The first kappa shape index (κ1) is 13.0. The van der Waals surface area contributed by atoms with Crippen molar-refractivity contribution in [1.29, 1.82) is 0 Å². The van der Waals surface area contributed by atoms with Crippen LogP contribution in [0.4, 0.5) is 5.69 Å². The van der Waals surface area contributed by atoms with Gasteiger partial charge in [-0.15, -0.1) is 0 Å². The molecule has 1 aromatic carbocycles. The number of fused-ring (bicyclic) bond motifs is 1. The first-order valence-corrected chi connectivity index (χ1v) is 6.29. The van der Waals surface area contributed by atoms with Gasteiger partial charge in [0.2, 0.25) is 0 Å². The number of carbonyl (C=O) groups is 2. The third kappa shape index (κ3) is 2.29. The van der Waals surface area contributed by atoms with E-state index < -0.39 is 5.97 Å². The average Bonchev–Trinajstić information content (AvgIpc) is 2.90. The third-order valence-electron chi connectivity index (χ3n) is 3.36. The lowest BCUT2D eigenvalue weighted by Crippen LogP contribution is -2.30. The van der Waals surface area contributed by atoms with Crippen LogP contribution in [0.3, 0.4) is 0 Å². The van der Waals surface area contributed by atoms with Crippen LogP contribution in [0.15, 0.2) is 35.4 Å². The number of carboxylic acids is 1. The molecule has 1 aliphatic heterocycles. The van der Waals surface area contributed by atoms with Gasteiger partial charge in [-0.1, -0.05) is 6.07 Å². The number of carbonyl (C=O) groups excluding carboxylic acids is 1. The predicted octanol–water partition coefficient (Wildman–Crippen LogP) is 0.671. The number of aromatic nitrogens is 2. The van der Waals surface area contributed by atoms with E-state index >= 15 is 0 Å². The van der Waals surface area contributed by atoms with Gasteiger partial charge < -0.3 is 15.0 Å². The summed E-state index contributed by atoms with van der Waals surface area (Å²) in [5.41, 5.74) is 1.35. The zero-order valence-corrected chi connectivity index (χ0v) is 10.9. The van der Waals surface area contributed by atoms with E-state index in [0.717, 1.165) is 11.8 Å². The maximum atomic E-state index is 12.4. The molecule has 1 aromatic heterocycles. The molecule has 7 heteroatoms. The monoisotopic (exact) mass is 285 g/mol. The molecule has 7 nitrogen and oxygen atoms in total. The number of anilines is 1. The minimum absolute atomic E-state index is 0.114. The molecule has 0 fully saturated rings. The molecule has 0 spiro atoms. The van der Waals surface area contributed by atoms with Crippen molar-refractivity contribution in [3.05, 3.63) is 57.8 Å². The summed E-state index contributed by atoms with van der Waals surface area (Å²) in [6.45, 7) is 0.456. The van der Waals surface area contributed by atoms with E-state index in [-0.39, 0.29) is 22.7 Å². The summed E-state index contributed by atoms with van der Waals surface area (Å²) in [6, 6.07) is 4.72. The second-order valence-electron chi connectivity index (χ2n) is 4.65. The molecule has 3 rings (SSSR count). The van der Waals surface area contributed by atoms with Crippen LogP contribution in [0, 0.1) is 0 Å². The molecular formula is C14H11N3O4. The molecule has 0 radical (unpaired) electrons. The smallest absolute Gasteiger partial charge is 0.335 e. The van der Waals surface area contributed by atoms with Gasteiger partial charge in [-0.05, 0) is 24.1 Å². The lowest BCUT2D eigenvalue weighted by molar-refractivity contribution is 0.0696. The van der Waals surface area contributed by atoms with E-state index in [4.69, 9.17) is 5.11 Å². The minimum atomic E-state index is -1.04. The molecule has 1 amide bonds. The molecule has 0 saturated carbocycles. The number of hydrogen-bond donors (Lipinski definition) is 2. The van der Waals surface area contributed by atoms with Crippen molar-refractivity contribution in [2.75, 3.05) is 11.4 Å². The van der Waals surface area contributed by atoms with Crippen LogP contribution in [0.2, 0.25) is 0 Å². The molecule has 0 aliphatic carbocycles. The summed E-state index contributed by atoms with van der Waals surface area (Å²) in [4.78, 5) is 42.1. The zero-order chi connectivity index (χ0) is 15.0. The van der Waals surface area contributed by atoms with Crippen molar-refractivity contribution in [3.8, 4) is 0 Å². The Balaban J connectivity index is 1.98. The highest BCUT2D eigenvalue weighted by molar-refractivity contribution is 6.06. The number of rotatable bonds is 2. The fourth-order valence-corrected chi connectivity index (χ4v) is 2.32. The van der Waals surface area contributed by atoms with Crippen LogP contribution in [0.25, 0.3) is 0 Å². The van der Waals surface area contributed by atoms with Gasteiger partial charge in [-0.25, -0.2) is 9.78 Å². The molecule has 21 heavy (non-hydrogen) atoms. The lowest BCUT2D eigenvalue weighted by Gasteiger charge is -2.16. The summed E-state index contributed by atoms with van der Waals surface area (Å²) in [5.74, 6) is -1.41. The lowest BCUT2D eigenvalue weighted by atomic mass is 10.1. The van der Waals surface area contributed by atoms with E-state index in [0.29, 0.717) is 18.7 Å². The normalized spacial score (nSPS) is 13.0. The first-order valence-electron chi connectivity index (χ1n) is 6.29. The fourth-order valence-electron chi connectivity index (χ4n) is 2.32. The van der Waals surface area contributed by atoms with Crippen LogP contribution < -0.4 is 10.5 Å². The summed E-state index contributed by atoms with van der Waals surface area (Å²) in [5, 5.41) is 9.03. The maximum absolute atomic E-state index is 12.4. The van der Waals surface area contributed by atoms with Crippen molar-refractivity contribution in [3.63, 3.8) is 0 Å². The zero-order valence-electron chi connectivity index (χ0n) is 10.9. The SMILES string of the molecule is O=C(O)c1ccc2c(c1)N(C(=O)c1c[nH]c(=O)cn1)CC2. The highest BCUT2D eigenvalue weighted by Crippen LogP contribution is 2.30. The van der Waals surface area contributed by atoms with Crippen LogP contribution in [-0.4, -0.2) is 33.5 Å². The highest BCUT2D eigenvalue weighted by Gasteiger charge is 2.27. The van der Waals surface area contributed by atoms with E-state index in [2.05, 4.69) is 9.97 Å². The van der Waals surface area contributed by atoms with Gasteiger partial charge in [-0.2, -0.15) is 0 Å². The van der Waals surface area contributed by atoms with Gasteiger partial charge in [0.1, 0.15) is 5.69 Å². The number of carboxylic acid groups (broad SMARTS) is 1. The molecule has 0 bridgehead atoms. The molecule has 0 saturated heterocycles. The van der Waals surface area contributed by atoms with Gasteiger partial charge in [0, 0.05) is 18.4 Å². The van der Waals surface area contributed by atoms with Crippen LogP contribution in [0.5, 0.6) is 0 Å². The Kier molecular flexibility index (Phi) is 3.02. The van der Waals surface area contributed by atoms with Gasteiger partial charge >= 0.3 is 5.97 Å². The number of amides is 1. The van der Waals surface area contributed by atoms with Crippen LogP contribution >= 0.6 is 0 Å². The van der Waals surface area contributed by atoms with Crippen LogP contribution in [0.1, 0.15) is 26.4 Å². The van der Waals surface area contributed by atoms with E-state index in [1.54, 1.807) is 6.07 Å². The first-order chi connectivity index (χ1) is 10.1. The van der Waals surface area contributed by atoms with Gasteiger partial charge in [-0.3, -0.25) is 9.59 Å². The number of H-pyrrole nitrogens is 1. The summed E-state index contributed by atoms with van der Waals surface area (Å²) < 4.78 is 0. The summed E-state index contributed by atoms with van der Waals surface area (Å²) in [7, 11) is 0. The third-order valence-corrected chi connectivity index (χ3v) is 3.36. The molecule has 2 heterocycles. The number of aromatic amines is 1. The standard InChI is InChI=1S/C14H11N3O4/c18-12-7-15-10(6-16-12)13(19)17-4-3-8-1-2-9(14(20)21)5-11(8)17/h1-2,5-7H,3-4H2,(H,16,18)(H,20,21). The van der Waals surface area contributed by atoms with Crippen molar-refractivity contribution in [1.82, 2.24) is 9.97 Å². The quantitative estimate of drug-likeness (QED) is 0.844. The summed E-state index contributed by atoms with van der Waals surface area (Å²) >= 11 is 0. The van der Waals surface area contributed by atoms with E-state index in [9.17, 15) is 14.4 Å². The Labute approximate surface area is 118 Å². The molecule has 2 N–H and O–H groups in total. The highest BCUT2D eigenvalue weighted by atomic mass is 16.4. The van der Waals surface area contributed by atoms with Crippen molar-refractivity contribution < 1.29 is 14.7 Å². The Morgan fingerprint density at radius 3 is 2.81 bits per heavy atom. The average molecular weight is 285 g/mol. The van der Waals surface area contributed by atoms with Crippen LogP contribution in [-0.2, 0) is 6.42 Å². The Bertz CT molecular complexity index is 777. The second-order valence-corrected chi connectivity index (χ2v) is 4.65. The molecule has 0 unspecified atom stereocenters. The summed E-state index contributed by atoms with van der Waals surface area (Å²) in [6.07, 6.45) is 2.95. The number of nitrogens with zero attached hydrogens (tertiary/aromatic N) is 2. The molecule has 2 aromatic rings.